The lowest BCUT2D eigenvalue weighted by Gasteiger charge is -2.14. The first-order valence-electron chi connectivity index (χ1n) is 7.08. The predicted molar refractivity (Wildman–Crippen MR) is 88.1 cm³/mol. The lowest BCUT2D eigenvalue weighted by molar-refractivity contribution is 0.416. The Labute approximate surface area is 137 Å². The zero-order valence-electron chi connectivity index (χ0n) is 12.3. The van der Waals surface area contributed by atoms with E-state index in [0.717, 1.165) is 22.0 Å². The first kappa shape index (κ1) is 14.0. The van der Waals surface area contributed by atoms with Gasteiger partial charge in [0.25, 0.3) is 0 Å². The standard InChI is InChI=1S/C16H14N4O2S/c1-22-13-9-5-3-7-11(13)14-17-18-16-20(14)19-15(23-16)10-6-2-4-8-12(10)21/h2-9,15,19,21H,1H3. The lowest BCUT2D eigenvalue weighted by Crippen LogP contribution is -2.14. The quantitative estimate of drug-likeness (QED) is 0.771. The second-order valence-electron chi connectivity index (χ2n) is 5.03. The zero-order valence-corrected chi connectivity index (χ0v) is 13.1. The van der Waals surface area contributed by atoms with E-state index < -0.39 is 0 Å². The molecule has 0 fully saturated rings. The van der Waals surface area contributed by atoms with Crippen molar-refractivity contribution in [3.8, 4) is 22.9 Å². The van der Waals surface area contributed by atoms with Crippen molar-refractivity contribution in [3.63, 3.8) is 0 Å². The first-order chi connectivity index (χ1) is 11.3. The van der Waals surface area contributed by atoms with Gasteiger partial charge >= 0.3 is 0 Å². The van der Waals surface area contributed by atoms with Gasteiger partial charge in [-0.25, -0.2) is 4.68 Å². The number of nitrogens with zero attached hydrogens (tertiary/aromatic N) is 3. The minimum atomic E-state index is -0.116. The fraction of sp³-hybridized carbons (Fsp3) is 0.125. The molecule has 1 aliphatic rings. The molecule has 2 heterocycles. The molecule has 6 nitrogen and oxygen atoms in total. The number of rotatable bonds is 3. The maximum atomic E-state index is 10.0. The number of hydrogen-bond acceptors (Lipinski definition) is 6. The van der Waals surface area contributed by atoms with Crippen molar-refractivity contribution in [2.75, 3.05) is 12.5 Å². The third-order valence-corrected chi connectivity index (χ3v) is 4.74. The molecule has 0 aliphatic carbocycles. The van der Waals surface area contributed by atoms with Crippen LogP contribution in [0.3, 0.4) is 0 Å². The highest BCUT2D eigenvalue weighted by molar-refractivity contribution is 7.99. The molecule has 1 aliphatic heterocycles. The van der Waals surface area contributed by atoms with Crippen molar-refractivity contribution >= 4 is 11.8 Å². The summed E-state index contributed by atoms with van der Waals surface area (Å²) < 4.78 is 7.24. The average Bonchev–Trinajstić information content (AvgIpc) is 3.15. The van der Waals surface area contributed by atoms with Gasteiger partial charge < -0.3 is 15.3 Å². The third kappa shape index (κ3) is 2.29. The molecule has 2 aromatic carbocycles. The Bertz CT molecular complexity index is 865. The van der Waals surface area contributed by atoms with E-state index in [4.69, 9.17) is 4.74 Å². The Balaban J connectivity index is 1.72. The monoisotopic (exact) mass is 326 g/mol. The number of methoxy groups -OCH3 is 1. The maximum absolute atomic E-state index is 10.0. The van der Waals surface area contributed by atoms with Crippen molar-refractivity contribution in [3.05, 3.63) is 54.1 Å². The molecule has 0 radical (unpaired) electrons. The number of aromatic hydroxyl groups is 1. The Morgan fingerprint density at radius 3 is 2.74 bits per heavy atom. The normalized spacial score (nSPS) is 16.0. The van der Waals surface area contributed by atoms with Gasteiger partial charge in [-0.1, -0.05) is 42.1 Å². The van der Waals surface area contributed by atoms with Crippen LogP contribution in [0.15, 0.2) is 53.7 Å². The van der Waals surface area contributed by atoms with Gasteiger partial charge in [0.15, 0.2) is 5.82 Å². The van der Waals surface area contributed by atoms with E-state index in [1.807, 2.05) is 41.1 Å². The molecule has 2 N–H and O–H groups in total. The number of phenolic OH excluding ortho intramolecular Hbond substituents is 1. The molecule has 0 bridgehead atoms. The average molecular weight is 326 g/mol. The largest absolute Gasteiger partial charge is 0.508 e. The van der Waals surface area contributed by atoms with E-state index >= 15 is 0 Å². The molecule has 3 aromatic rings. The number of nitrogens with one attached hydrogen (secondary N) is 1. The number of thioether (sulfide) groups is 1. The summed E-state index contributed by atoms with van der Waals surface area (Å²) in [6.45, 7) is 0. The highest BCUT2D eigenvalue weighted by Gasteiger charge is 2.30. The van der Waals surface area contributed by atoms with Gasteiger partial charge in [0.1, 0.15) is 16.9 Å². The Kier molecular flexibility index (Phi) is 3.34. The first-order valence-corrected chi connectivity index (χ1v) is 7.96. The lowest BCUT2D eigenvalue weighted by atomic mass is 10.2. The van der Waals surface area contributed by atoms with Gasteiger partial charge in [-0.15, -0.1) is 10.2 Å². The molecular weight excluding hydrogens is 312 g/mol. The zero-order chi connectivity index (χ0) is 15.8. The van der Waals surface area contributed by atoms with Gasteiger partial charge in [0, 0.05) is 5.56 Å². The maximum Gasteiger partial charge on any atom is 0.212 e. The van der Waals surface area contributed by atoms with Crippen LogP contribution in [-0.2, 0) is 0 Å². The summed E-state index contributed by atoms with van der Waals surface area (Å²) in [5.74, 6) is 1.68. The smallest absolute Gasteiger partial charge is 0.212 e. The summed E-state index contributed by atoms with van der Waals surface area (Å²) in [5, 5.41) is 19.2. The van der Waals surface area contributed by atoms with Crippen LogP contribution >= 0.6 is 11.8 Å². The van der Waals surface area contributed by atoms with Crippen LogP contribution in [0.5, 0.6) is 11.5 Å². The van der Waals surface area contributed by atoms with Crippen LogP contribution in [0.25, 0.3) is 11.4 Å². The predicted octanol–water partition coefficient (Wildman–Crippen LogP) is 3.01. The number of fused-ring (bicyclic) bond motifs is 1. The summed E-state index contributed by atoms with van der Waals surface area (Å²) in [6, 6.07) is 14.9. The van der Waals surface area contributed by atoms with Gasteiger partial charge in [-0.2, -0.15) is 0 Å². The summed E-state index contributed by atoms with van der Waals surface area (Å²) >= 11 is 1.51. The van der Waals surface area contributed by atoms with Crippen molar-refractivity contribution in [2.24, 2.45) is 0 Å². The minimum absolute atomic E-state index is 0.116. The van der Waals surface area contributed by atoms with Gasteiger partial charge in [0.2, 0.25) is 5.16 Å². The van der Waals surface area contributed by atoms with Crippen LogP contribution in [-0.4, -0.2) is 27.1 Å². The SMILES string of the molecule is COc1ccccc1-c1nnc2n1NC(c1ccccc1O)S2. The number of para-hydroxylation sites is 2. The molecule has 1 atom stereocenters. The van der Waals surface area contributed by atoms with Crippen LogP contribution in [0.1, 0.15) is 10.9 Å². The minimum Gasteiger partial charge on any atom is -0.508 e. The molecule has 0 amide bonds. The van der Waals surface area contributed by atoms with Crippen molar-refractivity contribution in [2.45, 2.75) is 10.5 Å². The summed E-state index contributed by atoms with van der Waals surface area (Å²) in [5.41, 5.74) is 5.00. The van der Waals surface area contributed by atoms with Crippen LogP contribution in [0.4, 0.5) is 0 Å². The van der Waals surface area contributed by atoms with E-state index in [9.17, 15) is 5.11 Å². The number of benzene rings is 2. The van der Waals surface area contributed by atoms with Crippen LogP contribution in [0.2, 0.25) is 0 Å². The second kappa shape index (κ2) is 5.51. The van der Waals surface area contributed by atoms with Crippen LogP contribution < -0.4 is 10.2 Å². The summed E-state index contributed by atoms with van der Waals surface area (Å²) in [4.78, 5) is 0. The Morgan fingerprint density at radius 1 is 1.13 bits per heavy atom. The fourth-order valence-corrected chi connectivity index (χ4v) is 3.59. The molecular formula is C16H14N4O2S. The van der Waals surface area contributed by atoms with E-state index in [1.54, 1.807) is 19.2 Å². The Morgan fingerprint density at radius 2 is 1.91 bits per heavy atom. The number of hydrogen-bond donors (Lipinski definition) is 2. The molecule has 4 rings (SSSR count). The number of phenols is 1. The van der Waals surface area contributed by atoms with E-state index in [0.29, 0.717) is 5.82 Å². The van der Waals surface area contributed by atoms with Crippen LogP contribution in [0, 0.1) is 0 Å². The van der Waals surface area contributed by atoms with Crippen molar-refractivity contribution < 1.29 is 9.84 Å². The number of ether oxygens (including phenoxy) is 1. The van der Waals surface area contributed by atoms with Gasteiger partial charge in [-0.3, -0.25) is 0 Å². The van der Waals surface area contributed by atoms with E-state index in [1.165, 1.54) is 11.8 Å². The highest BCUT2D eigenvalue weighted by atomic mass is 32.2. The van der Waals surface area contributed by atoms with E-state index in [-0.39, 0.29) is 11.1 Å². The third-order valence-electron chi connectivity index (χ3n) is 3.67. The number of aromatic nitrogens is 3. The van der Waals surface area contributed by atoms with Crippen molar-refractivity contribution in [1.82, 2.24) is 14.9 Å². The van der Waals surface area contributed by atoms with Crippen molar-refractivity contribution in [1.29, 1.82) is 0 Å². The molecule has 1 unspecified atom stereocenters. The molecule has 23 heavy (non-hydrogen) atoms. The summed E-state index contributed by atoms with van der Waals surface area (Å²) in [7, 11) is 1.63. The highest BCUT2D eigenvalue weighted by Crippen LogP contribution is 2.43. The molecule has 116 valence electrons. The van der Waals surface area contributed by atoms with Gasteiger partial charge in [-0.05, 0) is 18.2 Å². The molecule has 0 saturated carbocycles. The molecule has 0 spiro atoms. The molecule has 1 aromatic heterocycles. The molecule has 7 heteroatoms. The Hall–Kier alpha value is -2.67. The summed E-state index contributed by atoms with van der Waals surface area (Å²) in [6.07, 6.45) is 0. The molecule has 0 saturated heterocycles. The van der Waals surface area contributed by atoms with Gasteiger partial charge in [0.05, 0.1) is 12.7 Å². The van der Waals surface area contributed by atoms with E-state index in [2.05, 4.69) is 15.6 Å². The fourth-order valence-electron chi connectivity index (χ4n) is 2.56. The second-order valence-corrected chi connectivity index (χ2v) is 6.10. The topological polar surface area (TPSA) is 72.2 Å².